The second-order valence-electron chi connectivity index (χ2n) is 11.8. The predicted octanol–water partition coefficient (Wildman–Crippen LogP) is 11.1. The third kappa shape index (κ3) is 5.22. The van der Waals surface area contributed by atoms with Gasteiger partial charge in [-0.25, -0.2) is 4.98 Å². The number of aryl methyl sites for hydroxylation is 2. The molecule has 0 unspecified atom stereocenters. The summed E-state index contributed by atoms with van der Waals surface area (Å²) in [5, 5.41) is 2.20. The Morgan fingerprint density at radius 3 is 1.65 bits per heavy atom. The van der Waals surface area contributed by atoms with Crippen LogP contribution >= 0.6 is 0 Å². The SMILES string of the molecule is Cc1ccc2ccc3c(-c4cccc(-c5cc(-c6ccccc6)cc(-c6ccc(-c7ccccc7)cc6)n5)c4)cc(C)nc3c2n1. The average molecular weight is 590 g/mol. The maximum Gasteiger partial charge on any atom is 0.0974 e. The molecule has 46 heavy (non-hydrogen) atoms. The fourth-order valence-corrected chi connectivity index (χ4v) is 6.27. The molecular formula is C43H31N3. The smallest absolute Gasteiger partial charge is 0.0974 e. The molecule has 5 aromatic carbocycles. The van der Waals surface area contributed by atoms with Crippen LogP contribution in [-0.4, -0.2) is 15.0 Å². The lowest BCUT2D eigenvalue weighted by Crippen LogP contribution is -1.94. The summed E-state index contributed by atoms with van der Waals surface area (Å²) in [4.78, 5) is 15.1. The van der Waals surface area contributed by atoms with Gasteiger partial charge in [0.1, 0.15) is 0 Å². The molecule has 0 aliphatic carbocycles. The van der Waals surface area contributed by atoms with Crippen LogP contribution in [-0.2, 0) is 0 Å². The Bertz CT molecular complexity index is 2360. The molecule has 3 nitrogen and oxygen atoms in total. The molecule has 3 aromatic heterocycles. The standard InChI is InChI=1S/C43H31N3/c1-28-16-17-34-22-23-38-39(24-29(2)45-43(38)42(34)44-28)35-14-9-15-36(25-35)41-27-37(31-12-7-4-8-13-31)26-40(46-41)33-20-18-32(19-21-33)30-10-5-3-6-11-30/h3-27H,1-2H3. The van der Waals surface area contributed by atoms with Crippen molar-refractivity contribution in [1.29, 1.82) is 0 Å². The van der Waals surface area contributed by atoms with Crippen molar-refractivity contribution in [1.82, 2.24) is 15.0 Å². The summed E-state index contributed by atoms with van der Waals surface area (Å²) < 4.78 is 0. The molecule has 0 saturated carbocycles. The second-order valence-corrected chi connectivity index (χ2v) is 11.8. The maximum atomic E-state index is 5.24. The summed E-state index contributed by atoms with van der Waals surface area (Å²) in [6.45, 7) is 4.09. The highest BCUT2D eigenvalue weighted by Gasteiger charge is 2.14. The minimum atomic E-state index is 0.933. The van der Waals surface area contributed by atoms with E-state index in [2.05, 4.69) is 153 Å². The lowest BCUT2D eigenvalue weighted by atomic mass is 9.95. The molecular weight excluding hydrogens is 558 g/mol. The van der Waals surface area contributed by atoms with E-state index >= 15 is 0 Å². The molecule has 0 radical (unpaired) electrons. The number of benzene rings is 5. The maximum absolute atomic E-state index is 5.24. The van der Waals surface area contributed by atoms with Crippen LogP contribution in [0.1, 0.15) is 11.4 Å². The minimum Gasteiger partial charge on any atom is -0.251 e. The van der Waals surface area contributed by atoms with Crippen molar-refractivity contribution in [2.45, 2.75) is 13.8 Å². The lowest BCUT2D eigenvalue weighted by Gasteiger charge is -2.13. The van der Waals surface area contributed by atoms with Crippen LogP contribution in [0.4, 0.5) is 0 Å². The van der Waals surface area contributed by atoms with Gasteiger partial charge in [0.25, 0.3) is 0 Å². The first-order chi connectivity index (χ1) is 22.6. The van der Waals surface area contributed by atoms with Crippen molar-refractivity contribution < 1.29 is 0 Å². The summed E-state index contributed by atoms with van der Waals surface area (Å²) in [7, 11) is 0. The van der Waals surface area contributed by atoms with E-state index in [1.165, 1.54) is 11.1 Å². The van der Waals surface area contributed by atoms with Gasteiger partial charge in [-0.15, -0.1) is 0 Å². The number of rotatable bonds is 5. The molecule has 0 spiro atoms. The number of nitrogens with zero attached hydrogens (tertiary/aromatic N) is 3. The van der Waals surface area contributed by atoms with E-state index in [0.29, 0.717) is 0 Å². The molecule has 0 N–H and O–H groups in total. The summed E-state index contributed by atoms with van der Waals surface area (Å²) in [6, 6.07) is 53.5. The molecule has 3 heterocycles. The Morgan fingerprint density at radius 1 is 0.348 bits per heavy atom. The molecule has 3 heteroatoms. The number of fused-ring (bicyclic) bond motifs is 3. The molecule has 0 aliphatic heterocycles. The van der Waals surface area contributed by atoms with Crippen molar-refractivity contribution >= 4 is 21.8 Å². The zero-order valence-electron chi connectivity index (χ0n) is 25.8. The van der Waals surface area contributed by atoms with Crippen molar-refractivity contribution in [3.8, 4) is 55.9 Å². The van der Waals surface area contributed by atoms with E-state index < -0.39 is 0 Å². The van der Waals surface area contributed by atoms with Crippen LogP contribution in [0.5, 0.6) is 0 Å². The topological polar surface area (TPSA) is 38.7 Å². The number of hydrogen-bond acceptors (Lipinski definition) is 3. The van der Waals surface area contributed by atoms with Gasteiger partial charge in [-0.2, -0.15) is 0 Å². The molecule has 0 aliphatic rings. The zero-order chi connectivity index (χ0) is 31.0. The lowest BCUT2D eigenvalue weighted by molar-refractivity contribution is 1.23. The summed E-state index contributed by atoms with van der Waals surface area (Å²) in [6.07, 6.45) is 0. The molecule has 218 valence electrons. The number of aromatic nitrogens is 3. The third-order valence-electron chi connectivity index (χ3n) is 8.60. The highest BCUT2D eigenvalue weighted by molar-refractivity contribution is 6.08. The quantitative estimate of drug-likeness (QED) is 0.187. The van der Waals surface area contributed by atoms with E-state index in [4.69, 9.17) is 15.0 Å². The van der Waals surface area contributed by atoms with Gasteiger partial charge >= 0.3 is 0 Å². The monoisotopic (exact) mass is 589 g/mol. The Hall–Kier alpha value is -5.93. The van der Waals surface area contributed by atoms with Gasteiger partial charge in [0.05, 0.1) is 22.4 Å². The van der Waals surface area contributed by atoms with Gasteiger partial charge in [0.2, 0.25) is 0 Å². The number of pyridine rings is 3. The molecule has 0 saturated heterocycles. The minimum absolute atomic E-state index is 0.933. The largest absolute Gasteiger partial charge is 0.251 e. The molecule has 0 bridgehead atoms. The molecule has 8 aromatic rings. The predicted molar refractivity (Wildman–Crippen MR) is 191 cm³/mol. The molecule has 8 rings (SSSR count). The highest BCUT2D eigenvalue weighted by atomic mass is 14.8. The van der Waals surface area contributed by atoms with Crippen LogP contribution in [0, 0.1) is 13.8 Å². The first kappa shape index (κ1) is 27.6. The first-order valence-corrected chi connectivity index (χ1v) is 15.6. The van der Waals surface area contributed by atoms with Gasteiger partial charge < -0.3 is 0 Å². The van der Waals surface area contributed by atoms with Crippen LogP contribution in [0.3, 0.4) is 0 Å². The van der Waals surface area contributed by atoms with E-state index in [-0.39, 0.29) is 0 Å². The fraction of sp³-hybridized carbons (Fsp3) is 0.0465. The molecule has 0 fully saturated rings. The van der Waals surface area contributed by atoms with Crippen LogP contribution in [0.15, 0.2) is 152 Å². The zero-order valence-corrected chi connectivity index (χ0v) is 25.8. The Morgan fingerprint density at radius 2 is 0.913 bits per heavy atom. The van der Waals surface area contributed by atoms with Gasteiger partial charge in [0.15, 0.2) is 0 Å². The van der Waals surface area contributed by atoms with E-state index in [1.807, 2.05) is 13.0 Å². The van der Waals surface area contributed by atoms with Gasteiger partial charge in [0, 0.05) is 33.3 Å². The Kier molecular flexibility index (Phi) is 6.92. The Labute approximate surface area is 268 Å². The summed E-state index contributed by atoms with van der Waals surface area (Å²) in [5.74, 6) is 0. The average Bonchev–Trinajstić information content (AvgIpc) is 3.12. The van der Waals surface area contributed by atoms with Crippen LogP contribution in [0.25, 0.3) is 77.7 Å². The van der Waals surface area contributed by atoms with Crippen LogP contribution in [0.2, 0.25) is 0 Å². The van der Waals surface area contributed by atoms with Gasteiger partial charge in [-0.05, 0) is 77.6 Å². The van der Waals surface area contributed by atoms with Crippen molar-refractivity contribution in [2.75, 3.05) is 0 Å². The van der Waals surface area contributed by atoms with Crippen molar-refractivity contribution in [3.05, 3.63) is 163 Å². The first-order valence-electron chi connectivity index (χ1n) is 15.6. The van der Waals surface area contributed by atoms with Gasteiger partial charge in [-0.3, -0.25) is 9.97 Å². The van der Waals surface area contributed by atoms with Gasteiger partial charge in [-0.1, -0.05) is 121 Å². The van der Waals surface area contributed by atoms with E-state index in [9.17, 15) is 0 Å². The number of hydrogen-bond donors (Lipinski definition) is 0. The Balaban J connectivity index is 1.26. The third-order valence-corrected chi connectivity index (χ3v) is 8.60. The summed E-state index contributed by atoms with van der Waals surface area (Å²) in [5.41, 5.74) is 14.8. The van der Waals surface area contributed by atoms with E-state index in [1.54, 1.807) is 0 Å². The second kappa shape index (κ2) is 11.5. The highest BCUT2D eigenvalue weighted by Crippen LogP contribution is 2.36. The molecule has 0 atom stereocenters. The van der Waals surface area contributed by atoms with Crippen molar-refractivity contribution in [3.63, 3.8) is 0 Å². The normalized spacial score (nSPS) is 11.3. The molecule has 0 amide bonds. The summed E-state index contributed by atoms with van der Waals surface area (Å²) >= 11 is 0. The van der Waals surface area contributed by atoms with E-state index in [0.717, 1.165) is 78.0 Å². The van der Waals surface area contributed by atoms with Crippen molar-refractivity contribution in [2.24, 2.45) is 0 Å². The van der Waals surface area contributed by atoms with Crippen LogP contribution < -0.4 is 0 Å². The fourth-order valence-electron chi connectivity index (χ4n) is 6.27.